The van der Waals surface area contributed by atoms with Crippen LogP contribution >= 0.6 is 0 Å². The molecule has 0 aliphatic heterocycles. The molecule has 7 N–H and O–H groups in total. The van der Waals surface area contributed by atoms with Crippen LogP contribution in [0, 0.1) is 0 Å². The SMILES string of the molecule is NC(=O)[C@H](O)[C@@H](O)[C@H](O)[C@@H](O)C(=O)O. The zero-order valence-corrected chi connectivity index (χ0v) is 6.94. The van der Waals surface area contributed by atoms with Gasteiger partial charge in [0, 0.05) is 0 Å². The third kappa shape index (κ3) is 2.92. The van der Waals surface area contributed by atoms with Crippen LogP contribution in [-0.4, -0.2) is 61.8 Å². The van der Waals surface area contributed by atoms with E-state index in [0.29, 0.717) is 0 Å². The molecule has 0 bridgehead atoms. The Labute approximate surface area is 78.2 Å². The highest BCUT2D eigenvalue weighted by molar-refractivity contribution is 5.79. The molecule has 0 saturated heterocycles. The van der Waals surface area contributed by atoms with Gasteiger partial charge in [-0.15, -0.1) is 0 Å². The van der Waals surface area contributed by atoms with Crippen molar-refractivity contribution in [3.05, 3.63) is 0 Å². The van der Waals surface area contributed by atoms with E-state index in [4.69, 9.17) is 25.5 Å². The number of rotatable bonds is 5. The summed E-state index contributed by atoms with van der Waals surface area (Å²) in [5, 5.41) is 43.6. The zero-order valence-electron chi connectivity index (χ0n) is 6.94. The summed E-state index contributed by atoms with van der Waals surface area (Å²) >= 11 is 0. The number of nitrogens with two attached hydrogens (primary N) is 1. The minimum atomic E-state index is -2.31. The number of hydrogen-bond donors (Lipinski definition) is 6. The van der Waals surface area contributed by atoms with E-state index in [0.717, 1.165) is 0 Å². The van der Waals surface area contributed by atoms with Crippen molar-refractivity contribution in [1.82, 2.24) is 0 Å². The Balaban J connectivity index is 4.45. The Morgan fingerprint density at radius 1 is 0.929 bits per heavy atom. The van der Waals surface area contributed by atoms with Crippen molar-refractivity contribution in [2.75, 3.05) is 0 Å². The molecular formula is C6H11NO7. The summed E-state index contributed by atoms with van der Waals surface area (Å²) in [6, 6.07) is 0. The molecule has 4 atom stereocenters. The van der Waals surface area contributed by atoms with Crippen LogP contribution in [-0.2, 0) is 9.59 Å². The summed E-state index contributed by atoms with van der Waals surface area (Å²) in [5.41, 5.74) is 4.56. The number of carbonyl (C=O) groups is 2. The summed E-state index contributed by atoms with van der Waals surface area (Å²) in [4.78, 5) is 20.4. The van der Waals surface area contributed by atoms with Crippen molar-refractivity contribution in [3.63, 3.8) is 0 Å². The van der Waals surface area contributed by atoms with Gasteiger partial charge in [-0.05, 0) is 0 Å². The van der Waals surface area contributed by atoms with E-state index in [2.05, 4.69) is 5.73 Å². The highest BCUT2D eigenvalue weighted by atomic mass is 16.4. The maximum absolute atomic E-state index is 10.3. The Kier molecular flexibility index (Phi) is 4.44. The van der Waals surface area contributed by atoms with Crippen LogP contribution in [0.1, 0.15) is 0 Å². The number of aliphatic hydroxyl groups excluding tert-OH is 4. The van der Waals surface area contributed by atoms with Gasteiger partial charge in [-0.2, -0.15) is 0 Å². The van der Waals surface area contributed by atoms with Gasteiger partial charge in [-0.3, -0.25) is 4.79 Å². The summed E-state index contributed by atoms with van der Waals surface area (Å²) in [6.45, 7) is 0. The molecule has 0 aliphatic rings. The Bertz CT molecular complexity index is 206. The highest BCUT2D eigenvalue weighted by Gasteiger charge is 2.36. The summed E-state index contributed by atoms with van der Waals surface area (Å²) in [6.07, 6.45) is -8.80. The van der Waals surface area contributed by atoms with Crippen LogP contribution in [0.4, 0.5) is 0 Å². The average Bonchev–Trinajstić information content (AvgIpc) is 2.12. The fourth-order valence-electron chi connectivity index (χ4n) is 0.688. The molecule has 0 unspecified atom stereocenters. The molecule has 1 amide bonds. The normalized spacial score (nSPS) is 19.4. The van der Waals surface area contributed by atoms with Gasteiger partial charge in [0.1, 0.15) is 12.2 Å². The molecule has 0 radical (unpaired) electrons. The molecule has 0 fully saturated rings. The lowest BCUT2D eigenvalue weighted by atomic mass is 10.0. The third-order valence-electron chi connectivity index (χ3n) is 1.54. The quantitative estimate of drug-likeness (QED) is 0.269. The van der Waals surface area contributed by atoms with E-state index in [1.54, 1.807) is 0 Å². The van der Waals surface area contributed by atoms with Crippen LogP contribution in [0.5, 0.6) is 0 Å². The molecule has 14 heavy (non-hydrogen) atoms. The standard InChI is InChI=1S/C6H11NO7/c7-5(12)3(10)1(8)2(9)4(11)6(13)14/h1-4,8-11H,(H2,7,12)(H,13,14)/t1-,2-,3+,4+/m0/s1. The Morgan fingerprint density at radius 3 is 1.57 bits per heavy atom. The maximum Gasteiger partial charge on any atom is 0.335 e. The van der Waals surface area contributed by atoms with Gasteiger partial charge in [0.2, 0.25) is 5.91 Å². The van der Waals surface area contributed by atoms with E-state index < -0.39 is 36.3 Å². The molecule has 0 heterocycles. The first-order valence-electron chi connectivity index (χ1n) is 3.53. The number of aliphatic carboxylic acids is 1. The lowest BCUT2D eigenvalue weighted by Crippen LogP contribution is -2.51. The number of amides is 1. The minimum absolute atomic E-state index is 1.34. The highest BCUT2D eigenvalue weighted by Crippen LogP contribution is 2.05. The number of primary amides is 1. The van der Waals surface area contributed by atoms with Crippen LogP contribution < -0.4 is 5.73 Å². The van der Waals surface area contributed by atoms with E-state index >= 15 is 0 Å². The smallest absolute Gasteiger partial charge is 0.335 e. The second-order valence-electron chi connectivity index (χ2n) is 2.61. The van der Waals surface area contributed by atoms with Gasteiger partial charge in [-0.1, -0.05) is 0 Å². The van der Waals surface area contributed by atoms with Gasteiger partial charge in [0.25, 0.3) is 0 Å². The predicted octanol–water partition coefficient (Wildman–Crippen LogP) is -4.00. The molecule has 0 aromatic heterocycles. The van der Waals surface area contributed by atoms with E-state index in [1.165, 1.54) is 0 Å². The van der Waals surface area contributed by atoms with Gasteiger partial charge in [0.05, 0.1) is 0 Å². The van der Waals surface area contributed by atoms with Gasteiger partial charge < -0.3 is 31.3 Å². The number of aliphatic hydroxyl groups is 4. The van der Waals surface area contributed by atoms with Gasteiger partial charge in [0.15, 0.2) is 12.2 Å². The first kappa shape index (κ1) is 12.8. The molecule has 0 saturated carbocycles. The van der Waals surface area contributed by atoms with Crippen molar-refractivity contribution < 1.29 is 35.1 Å². The fraction of sp³-hybridized carbons (Fsp3) is 0.667. The molecule has 0 spiro atoms. The van der Waals surface area contributed by atoms with Gasteiger partial charge in [-0.25, -0.2) is 4.79 Å². The molecule has 8 heteroatoms. The molecule has 82 valence electrons. The fourth-order valence-corrected chi connectivity index (χ4v) is 0.688. The van der Waals surface area contributed by atoms with Crippen LogP contribution in [0.3, 0.4) is 0 Å². The topological polar surface area (TPSA) is 161 Å². The Morgan fingerprint density at radius 2 is 1.29 bits per heavy atom. The zero-order chi connectivity index (χ0) is 11.5. The second-order valence-corrected chi connectivity index (χ2v) is 2.61. The lowest BCUT2D eigenvalue weighted by Gasteiger charge is -2.22. The van der Waals surface area contributed by atoms with Crippen molar-refractivity contribution in [3.8, 4) is 0 Å². The summed E-state index contributed by atoms with van der Waals surface area (Å²) in [5.74, 6) is -3.14. The molecule has 0 rings (SSSR count). The second kappa shape index (κ2) is 4.86. The average molecular weight is 209 g/mol. The molecular weight excluding hydrogens is 198 g/mol. The van der Waals surface area contributed by atoms with Gasteiger partial charge >= 0.3 is 5.97 Å². The largest absolute Gasteiger partial charge is 0.479 e. The summed E-state index contributed by atoms with van der Waals surface area (Å²) < 4.78 is 0. The van der Waals surface area contributed by atoms with E-state index in [1.807, 2.05) is 0 Å². The number of hydrogen-bond acceptors (Lipinski definition) is 6. The van der Waals surface area contributed by atoms with Crippen LogP contribution in [0.2, 0.25) is 0 Å². The lowest BCUT2D eigenvalue weighted by molar-refractivity contribution is -0.165. The maximum atomic E-state index is 10.3. The number of carboxylic acids is 1. The summed E-state index contributed by atoms with van der Waals surface area (Å²) in [7, 11) is 0. The first-order valence-corrected chi connectivity index (χ1v) is 3.53. The number of carboxylic acid groups (broad SMARTS) is 1. The first-order chi connectivity index (χ1) is 6.29. The minimum Gasteiger partial charge on any atom is -0.479 e. The van der Waals surface area contributed by atoms with Crippen molar-refractivity contribution >= 4 is 11.9 Å². The van der Waals surface area contributed by atoms with Crippen molar-refractivity contribution in [1.29, 1.82) is 0 Å². The predicted molar refractivity (Wildman–Crippen MR) is 40.9 cm³/mol. The van der Waals surface area contributed by atoms with E-state index in [-0.39, 0.29) is 0 Å². The third-order valence-corrected chi connectivity index (χ3v) is 1.54. The Hall–Kier alpha value is -1.22. The van der Waals surface area contributed by atoms with Crippen molar-refractivity contribution in [2.45, 2.75) is 24.4 Å². The monoisotopic (exact) mass is 209 g/mol. The van der Waals surface area contributed by atoms with Crippen LogP contribution in [0.15, 0.2) is 0 Å². The molecule has 0 aliphatic carbocycles. The van der Waals surface area contributed by atoms with Crippen molar-refractivity contribution in [2.24, 2.45) is 5.73 Å². The molecule has 0 aromatic rings. The van der Waals surface area contributed by atoms with E-state index in [9.17, 15) is 9.59 Å². The number of carbonyl (C=O) groups excluding carboxylic acids is 1. The molecule has 8 nitrogen and oxygen atoms in total. The molecule has 0 aromatic carbocycles. The van der Waals surface area contributed by atoms with Crippen LogP contribution in [0.25, 0.3) is 0 Å².